The quantitative estimate of drug-likeness (QED) is 0.304. The van der Waals surface area contributed by atoms with Crippen LogP contribution in [-0.4, -0.2) is 14.9 Å². The molecular formula is C14H21IN-. The first-order valence-electron chi connectivity index (χ1n) is 6.18. The van der Waals surface area contributed by atoms with Crippen molar-refractivity contribution in [1.82, 2.24) is 0 Å². The molecule has 1 nitrogen and oxygen atoms in total. The maximum absolute atomic E-state index is 6.45. The Labute approximate surface area is 110 Å². The molecule has 0 aromatic heterocycles. The molecule has 0 saturated heterocycles. The van der Waals surface area contributed by atoms with E-state index in [1.165, 1.54) is 12.8 Å². The number of rotatable bonds is 2. The van der Waals surface area contributed by atoms with Crippen LogP contribution in [0, 0.1) is 23.7 Å². The Morgan fingerprint density at radius 2 is 2.31 bits per heavy atom. The molecule has 2 aliphatic rings. The molecule has 4 unspecified atom stereocenters. The molecule has 0 bridgehead atoms. The van der Waals surface area contributed by atoms with E-state index in [1.807, 2.05) is 0 Å². The minimum atomic E-state index is 0.222. The Morgan fingerprint density at radius 1 is 1.50 bits per heavy atom. The van der Waals surface area contributed by atoms with Gasteiger partial charge in [0.05, 0.1) is 0 Å². The molecule has 2 aliphatic carbocycles. The molecule has 16 heavy (non-hydrogen) atoms. The Kier molecular flexibility index (Phi) is 4.32. The van der Waals surface area contributed by atoms with Crippen molar-refractivity contribution in [2.75, 3.05) is 4.93 Å². The van der Waals surface area contributed by atoms with Crippen LogP contribution in [0.25, 0.3) is 0 Å². The molecular weight excluding hydrogens is 309 g/mol. The van der Waals surface area contributed by atoms with Crippen LogP contribution < -0.4 is 26.9 Å². The Morgan fingerprint density at radius 3 is 3.00 bits per heavy atom. The summed E-state index contributed by atoms with van der Waals surface area (Å²) in [4.78, 5) is 2.38. The van der Waals surface area contributed by atoms with Gasteiger partial charge in [0.1, 0.15) is 0 Å². The van der Waals surface area contributed by atoms with Crippen LogP contribution in [0.2, 0.25) is 0 Å². The molecule has 2 heteroatoms. The molecule has 90 valence electrons. The monoisotopic (exact) mass is 330 g/mol. The summed E-state index contributed by atoms with van der Waals surface area (Å²) in [5.74, 6) is 7.97. The van der Waals surface area contributed by atoms with Crippen molar-refractivity contribution in [1.29, 1.82) is 0 Å². The van der Waals surface area contributed by atoms with E-state index in [9.17, 15) is 0 Å². The summed E-state index contributed by atoms with van der Waals surface area (Å²) in [5.41, 5.74) is 8.14. The maximum atomic E-state index is 6.45. The second-order valence-corrected chi connectivity index (χ2v) is 7.26. The predicted molar refractivity (Wildman–Crippen MR) is 64.7 cm³/mol. The Bertz CT molecular complexity index is 336. The van der Waals surface area contributed by atoms with Crippen molar-refractivity contribution >= 4 is 0 Å². The summed E-state index contributed by atoms with van der Waals surface area (Å²) in [7, 11) is 0. The number of alkyl halides is 2. The zero-order chi connectivity index (χ0) is 11.5. The summed E-state index contributed by atoms with van der Waals surface area (Å²) < 4.78 is 0.730. The van der Waals surface area contributed by atoms with E-state index in [2.05, 4.69) is 29.8 Å². The van der Waals surface area contributed by atoms with E-state index in [4.69, 9.17) is 5.73 Å². The first-order valence-corrected chi connectivity index (χ1v) is 9.59. The zero-order valence-corrected chi connectivity index (χ0v) is 12.3. The number of hydrogen-bond acceptors (Lipinski definition) is 1. The van der Waals surface area contributed by atoms with Gasteiger partial charge in [-0.25, -0.2) is 0 Å². The zero-order valence-electron chi connectivity index (χ0n) is 10.2. The van der Waals surface area contributed by atoms with Gasteiger partial charge in [-0.05, 0) is 0 Å². The van der Waals surface area contributed by atoms with Gasteiger partial charge >= 0.3 is 110 Å². The molecule has 0 aromatic rings. The standard InChI is InChI=1S/C14H21IN/c1-3-10-11-8-6-4-5-7-9-12(11)13(15-2)14(10)16/h9-11,13-14H,3,6-8,16H2,1-2H3/q-1. The number of nitrogens with two attached hydrogens (primary N) is 1. The van der Waals surface area contributed by atoms with Gasteiger partial charge < -0.3 is 0 Å². The summed E-state index contributed by atoms with van der Waals surface area (Å²) in [6.07, 6.45) is 6.90. The molecule has 0 spiro atoms. The number of fused-ring (bicyclic) bond motifs is 1. The van der Waals surface area contributed by atoms with Crippen molar-refractivity contribution in [2.45, 2.75) is 42.6 Å². The average Bonchev–Trinajstić information content (AvgIpc) is 2.50. The molecule has 2 N–H and O–H groups in total. The van der Waals surface area contributed by atoms with Gasteiger partial charge in [0.2, 0.25) is 0 Å². The van der Waals surface area contributed by atoms with Crippen LogP contribution >= 0.6 is 0 Å². The molecule has 4 atom stereocenters. The fraction of sp³-hybridized carbons (Fsp3) is 0.714. The molecule has 0 aromatic carbocycles. The van der Waals surface area contributed by atoms with Crippen LogP contribution in [-0.2, 0) is 0 Å². The van der Waals surface area contributed by atoms with Gasteiger partial charge in [-0.3, -0.25) is 0 Å². The number of allylic oxidation sites excluding steroid dienone is 1. The molecule has 2 rings (SSSR count). The third-order valence-electron chi connectivity index (χ3n) is 3.95. The average molecular weight is 330 g/mol. The third-order valence-corrected chi connectivity index (χ3v) is 6.84. The normalized spacial score (nSPS) is 38.1. The Balaban J connectivity index is 2.29. The van der Waals surface area contributed by atoms with Crippen molar-refractivity contribution in [3.63, 3.8) is 0 Å². The van der Waals surface area contributed by atoms with Crippen LogP contribution in [0.4, 0.5) is 0 Å². The summed E-state index contributed by atoms with van der Waals surface area (Å²) in [6.45, 7) is 2.29. The summed E-state index contributed by atoms with van der Waals surface area (Å²) in [6, 6.07) is 0.428. The van der Waals surface area contributed by atoms with E-state index < -0.39 is 0 Å². The van der Waals surface area contributed by atoms with E-state index in [-0.39, 0.29) is 21.2 Å². The molecule has 0 aliphatic heterocycles. The molecule has 0 amide bonds. The SMILES string of the molecule is CCC1C2CCC#CCC=C2C([I-]C)C1N. The van der Waals surface area contributed by atoms with Gasteiger partial charge in [-0.2, -0.15) is 0 Å². The van der Waals surface area contributed by atoms with Gasteiger partial charge in [0.15, 0.2) is 0 Å². The summed E-state index contributed by atoms with van der Waals surface area (Å²) in [5, 5.41) is 0. The number of hydrogen-bond donors (Lipinski definition) is 1. The topological polar surface area (TPSA) is 26.0 Å². The van der Waals surface area contributed by atoms with Crippen molar-refractivity contribution < 1.29 is 21.2 Å². The van der Waals surface area contributed by atoms with Crippen LogP contribution in [0.3, 0.4) is 0 Å². The van der Waals surface area contributed by atoms with Gasteiger partial charge in [0.25, 0.3) is 0 Å². The van der Waals surface area contributed by atoms with E-state index >= 15 is 0 Å². The number of halogens is 1. The molecule has 1 fully saturated rings. The first-order chi connectivity index (χ1) is 7.79. The van der Waals surface area contributed by atoms with Crippen LogP contribution in [0.15, 0.2) is 11.6 Å². The van der Waals surface area contributed by atoms with Gasteiger partial charge in [-0.1, -0.05) is 0 Å². The van der Waals surface area contributed by atoms with Crippen molar-refractivity contribution in [2.24, 2.45) is 17.6 Å². The van der Waals surface area contributed by atoms with Crippen LogP contribution in [0.5, 0.6) is 0 Å². The molecule has 0 radical (unpaired) electrons. The minimum absolute atomic E-state index is 0.222. The Hall–Kier alpha value is -0.0100. The fourth-order valence-corrected chi connectivity index (χ4v) is 5.99. The predicted octanol–water partition coefficient (Wildman–Crippen LogP) is -0.829. The summed E-state index contributed by atoms with van der Waals surface area (Å²) >= 11 is 0.222. The molecule has 1 saturated carbocycles. The van der Waals surface area contributed by atoms with Gasteiger partial charge in [-0.15, -0.1) is 0 Å². The van der Waals surface area contributed by atoms with Crippen molar-refractivity contribution in [3.05, 3.63) is 11.6 Å². The van der Waals surface area contributed by atoms with E-state index in [1.54, 1.807) is 5.57 Å². The second kappa shape index (κ2) is 5.55. The van der Waals surface area contributed by atoms with E-state index in [0.29, 0.717) is 6.04 Å². The fourth-order valence-electron chi connectivity index (χ4n) is 3.19. The van der Waals surface area contributed by atoms with Crippen LogP contribution in [0.1, 0.15) is 32.6 Å². The van der Waals surface area contributed by atoms with Crippen molar-refractivity contribution in [3.8, 4) is 11.8 Å². The first kappa shape index (κ1) is 12.4. The van der Waals surface area contributed by atoms with Gasteiger partial charge in [0, 0.05) is 0 Å². The molecule has 0 heterocycles. The second-order valence-electron chi connectivity index (χ2n) is 4.68. The third kappa shape index (κ3) is 2.17. The van der Waals surface area contributed by atoms with E-state index in [0.717, 1.165) is 28.6 Å².